The molecule has 3 N–H and O–H groups in total. The van der Waals surface area contributed by atoms with E-state index in [0.29, 0.717) is 32.4 Å². The van der Waals surface area contributed by atoms with Crippen molar-refractivity contribution in [1.29, 1.82) is 0 Å². The zero-order valence-electron chi connectivity index (χ0n) is 18.9. The van der Waals surface area contributed by atoms with E-state index in [9.17, 15) is 14.4 Å². The summed E-state index contributed by atoms with van der Waals surface area (Å²) in [5, 5.41) is 13.0. The lowest BCUT2D eigenvalue weighted by Gasteiger charge is -2.28. The van der Waals surface area contributed by atoms with Gasteiger partial charge in [0.1, 0.15) is 0 Å². The van der Waals surface area contributed by atoms with Crippen LogP contribution >= 0.6 is 0 Å². The summed E-state index contributed by atoms with van der Waals surface area (Å²) in [5.74, 6) is -0.188. The fourth-order valence-corrected chi connectivity index (χ4v) is 4.28. The molecule has 8 heteroatoms. The minimum atomic E-state index is -0.250. The van der Waals surface area contributed by atoms with Gasteiger partial charge >= 0.3 is 5.97 Å². The van der Waals surface area contributed by atoms with E-state index in [1.165, 1.54) is 11.1 Å². The van der Waals surface area contributed by atoms with Gasteiger partial charge in [-0.2, -0.15) is 0 Å². The van der Waals surface area contributed by atoms with Gasteiger partial charge in [0.25, 0.3) is 6.47 Å². The van der Waals surface area contributed by atoms with Crippen LogP contribution in [0.4, 0.5) is 0 Å². The predicted molar refractivity (Wildman–Crippen MR) is 119 cm³/mol. The second-order valence-electron chi connectivity index (χ2n) is 8.56. The maximum absolute atomic E-state index is 12.5. The molecule has 2 fully saturated rings. The number of ether oxygens (including phenoxy) is 1. The second-order valence-corrected chi connectivity index (χ2v) is 8.56. The van der Waals surface area contributed by atoms with Crippen LogP contribution in [0.5, 0.6) is 0 Å². The Labute approximate surface area is 189 Å². The van der Waals surface area contributed by atoms with Gasteiger partial charge in [0.2, 0.25) is 11.8 Å². The largest absolute Gasteiger partial charge is 0.483 e. The lowest BCUT2D eigenvalue weighted by molar-refractivity contribution is -0.141. The first kappa shape index (κ1) is 25.4. The van der Waals surface area contributed by atoms with E-state index >= 15 is 0 Å². The van der Waals surface area contributed by atoms with E-state index in [0.717, 1.165) is 31.2 Å². The van der Waals surface area contributed by atoms with Crippen LogP contribution in [0.2, 0.25) is 0 Å². The van der Waals surface area contributed by atoms with Crippen molar-refractivity contribution in [2.45, 2.75) is 71.4 Å². The molecule has 0 bridgehead atoms. The van der Waals surface area contributed by atoms with Crippen molar-refractivity contribution < 1.29 is 29.0 Å². The topological polar surface area (TPSA) is 122 Å². The average Bonchev–Trinajstić information content (AvgIpc) is 3.17. The number of amides is 2. The highest BCUT2D eigenvalue weighted by Gasteiger charge is 2.29. The van der Waals surface area contributed by atoms with Crippen molar-refractivity contribution in [3.8, 4) is 0 Å². The maximum Gasteiger partial charge on any atom is 0.309 e. The third-order valence-corrected chi connectivity index (χ3v) is 6.18. The Hall–Kier alpha value is -2.90. The maximum atomic E-state index is 12.5. The zero-order valence-corrected chi connectivity index (χ0v) is 18.9. The van der Waals surface area contributed by atoms with Crippen LogP contribution in [0.25, 0.3) is 0 Å². The molecule has 1 heterocycles. The fraction of sp³-hybridized carbons (Fsp3) is 0.583. The Morgan fingerprint density at radius 2 is 1.84 bits per heavy atom. The van der Waals surface area contributed by atoms with Crippen LogP contribution in [-0.2, 0) is 30.5 Å². The highest BCUT2D eigenvalue weighted by atomic mass is 16.5. The summed E-state index contributed by atoms with van der Waals surface area (Å²) in [5.41, 5.74) is 3.57. The molecule has 0 aromatic heterocycles. The number of carboxylic acid groups (broad SMARTS) is 1. The number of esters is 1. The van der Waals surface area contributed by atoms with E-state index in [4.69, 9.17) is 14.6 Å². The summed E-state index contributed by atoms with van der Waals surface area (Å²) in [6, 6.07) is 6.40. The molecule has 1 aliphatic heterocycles. The van der Waals surface area contributed by atoms with Gasteiger partial charge in [0, 0.05) is 24.9 Å². The third kappa shape index (κ3) is 7.98. The van der Waals surface area contributed by atoms with Crippen molar-refractivity contribution in [3.05, 3.63) is 34.9 Å². The number of hydrogen-bond acceptors (Lipinski definition) is 5. The van der Waals surface area contributed by atoms with Crippen molar-refractivity contribution >= 4 is 24.3 Å². The summed E-state index contributed by atoms with van der Waals surface area (Å²) in [6.07, 6.45) is 4.85. The van der Waals surface area contributed by atoms with Gasteiger partial charge in [-0.05, 0) is 63.5 Å². The molecule has 2 amide bonds. The molecule has 1 aliphatic carbocycles. The molecule has 0 spiro atoms. The summed E-state index contributed by atoms with van der Waals surface area (Å²) in [7, 11) is 0. The van der Waals surface area contributed by atoms with Gasteiger partial charge in [-0.25, -0.2) is 0 Å². The fourth-order valence-electron chi connectivity index (χ4n) is 4.28. The minimum Gasteiger partial charge on any atom is -0.483 e. The molecule has 2 aliphatic rings. The highest BCUT2D eigenvalue weighted by molar-refractivity contribution is 5.79. The number of rotatable bonds is 7. The van der Waals surface area contributed by atoms with Gasteiger partial charge in [0.15, 0.2) is 0 Å². The van der Waals surface area contributed by atoms with Crippen molar-refractivity contribution in [2.75, 3.05) is 6.61 Å². The number of benzene rings is 1. The minimum absolute atomic E-state index is 0.00699. The number of carbonyl (C=O) groups excluding carboxylic acids is 3. The molecule has 1 aromatic carbocycles. The smallest absolute Gasteiger partial charge is 0.309 e. The molecule has 1 saturated carbocycles. The van der Waals surface area contributed by atoms with Gasteiger partial charge in [-0.1, -0.05) is 23.8 Å². The van der Waals surface area contributed by atoms with Gasteiger partial charge in [-0.3, -0.25) is 19.2 Å². The lowest BCUT2D eigenvalue weighted by atomic mass is 9.85. The second kappa shape index (κ2) is 12.8. The zero-order chi connectivity index (χ0) is 23.5. The number of cyclic esters (lactones) is 1. The molecule has 32 heavy (non-hydrogen) atoms. The van der Waals surface area contributed by atoms with E-state index in [-0.39, 0.29) is 42.1 Å². The van der Waals surface area contributed by atoms with Crippen molar-refractivity contribution in [3.63, 3.8) is 0 Å². The van der Waals surface area contributed by atoms with Crippen LogP contribution in [0.1, 0.15) is 61.6 Å². The Bertz CT molecular complexity index is 802. The number of carbonyl (C=O) groups is 4. The van der Waals surface area contributed by atoms with E-state index in [1.54, 1.807) is 0 Å². The molecule has 1 unspecified atom stereocenters. The normalized spacial score (nSPS) is 22.2. The van der Waals surface area contributed by atoms with Crippen molar-refractivity contribution in [1.82, 2.24) is 10.6 Å². The Balaban J connectivity index is 0.00000114. The van der Waals surface area contributed by atoms with Crippen LogP contribution in [-0.4, -0.2) is 42.0 Å². The number of aryl methyl sites for hydroxylation is 2. The molecule has 0 radical (unpaired) electrons. The van der Waals surface area contributed by atoms with E-state index in [1.807, 2.05) is 0 Å². The molecular weight excluding hydrogens is 412 g/mol. The first-order valence-corrected chi connectivity index (χ1v) is 11.2. The molecule has 176 valence electrons. The highest BCUT2D eigenvalue weighted by Crippen LogP contribution is 2.25. The van der Waals surface area contributed by atoms with Crippen LogP contribution in [0.3, 0.4) is 0 Å². The lowest BCUT2D eigenvalue weighted by Crippen LogP contribution is -2.40. The van der Waals surface area contributed by atoms with Crippen molar-refractivity contribution in [2.24, 2.45) is 11.8 Å². The van der Waals surface area contributed by atoms with Gasteiger partial charge in [0.05, 0.1) is 12.5 Å². The molecule has 8 nitrogen and oxygen atoms in total. The SMILES string of the molecule is Cc1ccc(CNC(=O)C2CCC(NC(=O)CCC3CCOC3=O)CC2)c(C)c1.O=CO. The monoisotopic (exact) mass is 446 g/mol. The standard InChI is InChI=1S/C23H32N2O4.CH2O2/c1-15-3-4-19(16(2)13-15)14-24-22(27)17-5-8-20(9-6-17)25-21(26)10-7-18-11-12-29-23(18)28;2-1-3/h3-4,13,17-18,20H,5-12,14H2,1-2H3,(H,24,27)(H,25,26);1H,(H,2,3). The van der Waals surface area contributed by atoms with Crippen LogP contribution < -0.4 is 10.6 Å². The Morgan fingerprint density at radius 1 is 1.16 bits per heavy atom. The molecule has 1 saturated heterocycles. The predicted octanol–water partition coefficient (Wildman–Crippen LogP) is 2.64. The summed E-state index contributed by atoms with van der Waals surface area (Å²) in [4.78, 5) is 44.5. The van der Waals surface area contributed by atoms with Crippen LogP contribution in [0, 0.1) is 25.7 Å². The van der Waals surface area contributed by atoms with Crippen LogP contribution in [0.15, 0.2) is 18.2 Å². The van der Waals surface area contributed by atoms with Gasteiger partial charge in [-0.15, -0.1) is 0 Å². The summed E-state index contributed by atoms with van der Waals surface area (Å²) >= 11 is 0. The number of hydrogen-bond donors (Lipinski definition) is 3. The average molecular weight is 447 g/mol. The Kier molecular flexibility index (Phi) is 10.2. The third-order valence-electron chi connectivity index (χ3n) is 6.18. The molecule has 1 atom stereocenters. The quantitative estimate of drug-likeness (QED) is 0.437. The van der Waals surface area contributed by atoms with E-state index in [2.05, 4.69) is 42.7 Å². The summed E-state index contributed by atoms with van der Waals surface area (Å²) in [6.45, 7) is 4.92. The summed E-state index contributed by atoms with van der Waals surface area (Å²) < 4.78 is 4.93. The first-order valence-electron chi connectivity index (χ1n) is 11.2. The number of nitrogens with one attached hydrogen (secondary N) is 2. The molecule has 1 aromatic rings. The molecule has 3 rings (SSSR count). The van der Waals surface area contributed by atoms with Gasteiger partial charge < -0.3 is 20.5 Å². The molecular formula is C24H34N2O6. The first-order chi connectivity index (χ1) is 15.3. The van der Waals surface area contributed by atoms with E-state index < -0.39 is 0 Å². The Morgan fingerprint density at radius 3 is 2.44 bits per heavy atom.